The molecule has 0 bridgehead atoms. The number of benzene rings is 2. The summed E-state index contributed by atoms with van der Waals surface area (Å²) in [5.74, 6) is 0.278. The fourth-order valence-electron chi connectivity index (χ4n) is 4.37. The molecule has 200 valence electrons. The second-order valence-corrected chi connectivity index (χ2v) is 11.9. The zero-order valence-electron chi connectivity index (χ0n) is 23.3. The summed E-state index contributed by atoms with van der Waals surface area (Å²) >= 11 is 0. The smallest absolute Gasteiger partial charge is 0.287 e. The maximum absolute atomic E-state index is 13.3. The summed E-state index contributed by atoms with van der Waals surface area (Å²) in [7, 11) is -3.93. The van der Waals surface area contributed by atoms with E-state index in [9.17, 15) is 8.42 Å². The third kappa shape index (κ3) is 10.2. The minimum atomic E-state index is -3.93. The normalized spacial score (nSPS) is 13.4. The maximum Gasteiger partial charge on any atom is 0.298 e. The first-order valence-electron chi connectivity index (χ1n) is 13.6. The van der Waals surface area contributed by atoms with Gasteiger partial charge >= 0.3 is 0 Å². The van der Waals surface area contributed by atoms with E-state index in [2.05, 4.69) is 57.3 Å². The Morgan fingerprint density at radius 2 is 1.56 bits per heavy atom. The molecule has 0 amide bonds. The summed E-state index contributed by atoms with van der Waals surface area (Å²) in [4.78, 5) is 0.185. The van der Waals surface area contributed by atoms with Crippen LogP contribution in [0.2, 0.25) is 0 Å². The molecular formula is C31H47NO3S. The molecular weight excluding hydrogens is 466 g/mol. The maximum atomic E-state index is 13.3. The lowest BCUT2D eigenvalue weighted by Gasteiger charge is -2.25. The number of allylic oxidation sites excluding steroid dienone is 2. The molecule has 0 aliphatic rings. The number of nitrogens with one attached hydrogen (secondary N) is 1. The van der Waals surface area contributed by atoms with Crippen LogP contribution in [0.4, 0.5) is 0 Å². The SMILES string of the molecule is CCCCCCCCNC(OS(=O)(=O)c1ccc(C)cc1)c1cc(C)ccc1C(C)CCC=C(C)C. The molecule has 2 aromatic rings. The van der Waals surface area contributed by atoms with Crippen molar-refractivity contribution in [2.45, 2.75) is 110 Å². The molecule has 2 aromatic carbocycles. The number of hydrogen-bond donors (Lipinski definition) is 1. The van der Waals surface area contributed by atoms with E-state index in [1.54, 1.807) is 24.3 Å². The first-order chi connectivity index (χ1) is 17.1. The average Bonchev–Trinajstić information content (AvgIpc) is 2.82. The number of aryl methyl sites for hydroxylation is 2. The summed E-state index contributed by atoms with van der Waals surface area (Å²) in [5.41, 5.74) is 5.48. The molecule has 0 radical (unpaired) electrons. The van der Waals surface area contributed by atoms with Crippen molar-refractivity contribution in [3.8, 4) is 0 Å². The summed E-state index contributed by atoms with van der Waals surface area (Å²) < 4.78 is 32.5. The lowest BCUT2D eigenvalue weighted by Crippen LogP contribution is -2.28. The number of hydrogen-bond acceptors (Lipinski definition) is 4. The van der Waals surface area contributed by atoms with E-state index in [0.29, 0.717) is 6.54 Å². The molecule has 5 heteroatoms. The largest absolute Gasteiger partial charge is 0.298 e. The minimum Gasteiger partial charge on any atom is -0.287 e. The Kier molecular flexibility index (Phi) is 12.9. The molecule has 0 saturated carbocycles. The Bertz CT molecular complexity index is 1050. The molecule has 4 nitrogen and oxygen atoms in total. The zero-order valence-corrected chi connectivity index (χ0v) is 24.1. The van der Waals surface area contributed by atoms with Crippen molar-refractivity contribution in [1.29, 1.82) is 0 Å². The Balaban J connectivity index is 2.29. The van der Waals surface area contributed by atoms with Gasteiger partial charge in [0.25, 0.3) is 10.1 Å². The van der Waals surface area contributed by atoms with Crippen LogP contribution in [0.25, 0.3) is 0 Å². The van der Waals surface area contributed by atoms with Crippen molar-refractivity contribution in [1.82, 2.24) is 5.32 Å². The van der Waals surface area contributed by atoms with E-state index < -0.39 is 16.3 Å². The van der Waals surface area contributed by atoms with Gasteiger partial charge in [0.15, 0.2) is 6.23 Å². The van der Waals surface area contributed by atoms with Crippen LogP contribution in [-0.4, -0.2) is 15.0 Å². The van der Waals surface area contributed by atoms with Crippen molar-refractivity contribution < 1.29 is 12.6 Å². The molecule has 36 heavy (non-hydrogen) atoms. The monoisotopic (exact) mass is 513 g/mol. The van der Waals surface area contributed by atoms with Gasteiger partial charge < -0.3 is 0 Å². The molecule has 2 atom stereocenters. The van der Waals surface area contributed by atoms with Crippen LogP contribution >= 0.6 is 0 Å². The highest BCUT2D eigenvalue weighted by Crippen LogP contribution is 2.32. The fourth-order valence-corrected chi connectivity index (χ4v) is 5.37. The standard InChI is InChI=1S/C31H47NO3S/c1-7-8-9-10-11-12-22-32-31(35-36(33,34)28-19-16-25(4)17-20-28)30-23-26(5)18-21-29(30)27(6)15-13-14-24(2)3/h14,16-21,23,27,31-32H,7-13,15,22H2,1-6H3. The van der Waals surface area contributed by atoms with Crippen LogP contribution in [0, 0.1) is 13.8 Å². The van der Waals surface area contributed by atoms with Crippen molar-refractivity contribution in [3.63, 3.8) is 0 Å². The van der Waals surface area contributed by atoms with Crippen molar-refractivity contribution >= 4 is 10.1 Å². The predicted octanol–water partition coefficient (Wildman–Crippen LogP) is 8.51. The van der Waals surface area contributed by atoms with Gasteiger partial charge in [0.2, 0.25) is 0 Å². The van der Waals surface area contributed by atoms with Gasteiger partial charge in [-0.1, -0.05) is 99.1 Å². The Morgan fingerprint density at radius 3 is 2.22 bits per heavy atom. The summed E-state index contributed by atoms with van der Waals surface area (Å²) in [5, 5.41) is 3.45. The lowest BCUT2D eigenvalue weighted by molar-refractivity contribution is 0.172. The topological polar surface area (TPSA) is 55.4 Å². The van der Waals surface area contributed by atoms with Crippen LogP contribution in [-0.2, 0) is 14.3 Å². The molecule has 0 spiro atoms. The Hall–Kier alpha value is -1.95. The third-order valence-electron chi connectivity index (χ3n) is 6.60. The van der Waals surface area contributed by atoms with Gasteiger partial charge in [-0.15, -0.1) is 0 Å². The molecule has 0 aliphatic carbocycles. The van der Waals surface area contributed by atoms with E-state index in [4.69, 9.17) is 4.18 Å². The first kappa shape index (κ1) is 30.3. The highest BCUT2D eigenvalue weighted by molar-refractivity contribution is 7.86. The molecule has 0 fully saturated rings. The van der Waals surface area contributed by atoms with Crippen molar-refractivity contribution in [2.75, 3.05) is 6.54 Å². The van der Waals surface area contributed by atoms with E-state index in [0.717, 1.165) is 47.9 Å². The van der Waals surface area contributed by atoms with Gasteiger partial charge in [0.1, 0.15) is 0 Å². The predicted molar refractivity (Wildman–Crippen MR) is 152 cm³/mol. The first-order valence-corrected chi connectivity index (χ1v) is 15.0. The van der Waals surface area contributed by atoms with E-state index >= 15 is 0 Å². The molecule has 0 aliphatic heterocycles. The van der Waals surface area contributed by atoms with E-state index in [1.807, 2.05) is 13.8 Å². The van der Waals surface area contributed by atoms with Gasteiger partial charge in [-0.2, -0.15) is 8.42 Å². The molecule has 1 N–H and O–H groups in total. The lowest BCUT2D eigenvalue weighted by atomic mass is 9.90. The van der Waals surface area contributed by atoms with Gasteiger partial charge in [0.05, 0.1) is 4.90 Å². The van der Waals surface area contributed by atoms with E-state index in [1.165, 1.54) is 31.3 Å². The quantitative estimate of drug-likeness (QED) is 0.106. The summed E-state index contributed by atoms with van der Waals surface area (Å²) in [6.45, 7) is 13.4. The molecule has 0 saturated heterocycles. The number of rotatable bonds is 16. The highest BCUT2D eigenvalue weighted by atomic mass is 32.2. The van der Waals surface area contributed by atoms with Gasteiger partial charge in [-0.25, -0.2) is 4.18 Å². The van der Waals surface area contributed by atoms with Crippen molar-refractivity contribution in [3.05, 3.63) is 76.4 Å². The zero-order chi connectivity index (χ0) is 26.6. The molecule has 2 rings (SSSR count). The second kappa shape index (κ2) is 15.3. The van der Waals surface area contributed by atoms with Crippen molar-refractivity contribution in [2.24, 2.45) is 0 Å². The second-order valence-electron chi connectivity index (χ2n) is 10.4. The molecule has 2 unspecified atom stereocenters. The Morgan fingerprint density at radius 1 is 0.917 bits per heavy atom. The Labute approximate surface area is 220 Å². The fraction of sp³-hybridized carbons (Fsp3) is 0.548. The van der Waals surface area contributed by atoms with Gasteiger partial charge in [-0.05, 0) is 77.1 Å². The van der Waals surface area contributed by atoms with Crippen LogP contribution in [0.5, 0.6) is 0 Å². The average molecular weight is 514 g/mol. The van der Waals surface area contributed by atoms with Crippen LogP contribution in [0.3, 0.4) is 0 Å². The van der Waals surface area contributed by atoms with Crippen LogP contribution < -0.4 is 5.32 Å². The summed E-state index contributed by atoms with van der Waals surface area (Å²) in [6.07, 6.45) is 10.6. The van der Waals surface area contributed by atoms with Gasteiger partial charge in [0, 0.05) is 5.56 Å². The molecule has 0 aromatic heterocycles. The summed E-state index contributed by atoms with van der Waals surface area (Å²) in [6, 6.07) is 13.2. The highest BCUT2D eigenvalue weighted by Gasteiger charge is 2.26. The number of unbranched alkanes of at least 4 members (excludes halogenated alkanes) is 5. The minimum absolute atomic E-state index is 0.185. The van der Waals surface area contributed by atoms with Gasteiger partial charge in [-0.3, -0.25) is 5.32 Å². The van der Waals surface area contributed by atoms with Crippen LogP contribution in [0.15, 0.2) is 59.0 Å². The van der Waals surface area contributed by atoms with E-state index in [-0.39, 0.29) is 10.8 Å². The third-order valence-corrected chi connectivity index (χ3v) is 7.90. The molecule has 0 heterocycles. The van der Waals surface area contributed by atoms with Crippen LogP contribution in [0.1, 0.15) is 113 Å².